The van der Waals surface area contributed by atoms with Gasteiger partial charge in [-0.25, -0.2) is 0 Å². The maximum atomic E-state index is 11.7. The Morgan fingerprint density at radius 3 is 3.17 bits per heavy atom. The smallest absolute Gasteiger partial charge is 0.250 e. The van der Waals surface area contributed by atoms with Gasteiger partial charge in [0.05, 0.1) is 0 Å². The summed E-state index contributed by atoms with van der Waals surface area (Å²) < 4.78 is 0. The Balaban J connectivity index is 1.71. The fraction of sp³-hybridized carbons (Fsp3) is 0.538. The normalized spacial score (nSPS) is 20.6. The Bertz CT molecular complexity index is 377. The Hall–Kier alpha value is -1.46. The van der Waals surface area contributed by atoms with E-state index < -0.39 is 6.10 Å². The largest absolute Gasteiger partial charge is 0.382 e. The third-order valence-corrected chi connectivity index (χ3v) is 3.15. The molecule has 18 heavy (non-hydrogen) atoms. The van der Waals surface area contributed by atoms with Gasteiger partial charge in [-0.2, -0.15) is 0 Å². The van der Waals surface area contributed by atoms with Gasteiger partial charge in [-0.05, 0) is 31.5 Å². The Morgan fingerprint density at radius 2 is 2.50 bits per heavy atom. The van der Waals surface area contributed by atoms with E-state index in [9.17, 15) is 9.90 Å². The molecule has 1 amide bonds. The van der Waals surface area contributed by atoms with Crippen LogP contribution in [0.4, 0.5) is 0 Å². The molecule has 2 rings (SSSR count). The average molecular weight is 249 g/mol. The molecule has 5 heteroatoms. The molecule has 1 aromatic heterocycles. The number of hydrogen-bond acceptors (Lipinski definition) is 4. The molecule has 0 bridgehead atoms. The molecular weight excluding hydrogens is 230 g/mol. The van der Waals surface area contributed by atoms with Crippen molar-refractivity contribution < 1.29 is 9.90 Å². The number of nitrogens with zero attached hydrogens (tertiary/aromatic N) is 1. The lowest BCUT2D eigenvalue weighted by Crippen LogP contribution is -2.46. The number of aliphatic hydroxyl groups is 1. The van der Waals surface area contributed by atoms with Gasteiger partial charge in [0, 0.05) is 30.9 Å². The van der Waals surface area contributed by atoms with Crippen molar-refractivity contribution in [1.82, 2.24) is 15.6 Å². The van der Waals surface area contributed by atoms with Gasteiger partial charge in [-0.3, -0.25) is 9.78 Å². The molecule has 2 unspecified atom stereocenters. The second-order valence-electron chi connectivity index (χ2n) is 4.51. The van der Waals surface area contributed by atoms with Crippen LogP contribution in [0.5, 0.6) is 0 Å². The van der Waals surface area contributed by atoms with Crippen molar-refractivity contribution in [2.24, 2.45) is 0 Å². The number of carbonyl (C=O) groups is 1. The van der Waals surface area contributed by atoms with Crippen LogP contribution in [0.25, 0.3) is 0 Å². The molecule has 0 aromatic carbocycles. The lowest BCUT2D eigenvalue weighted by Gasteiger charge is -2.17. The summed E-state index contributed by atoms with van der Waals surface area (Å²) in [6, 6.07) is 5.60. The highest BCUT2D eigenvalue weighted by atomic mass is 16.3. The summed E-state index contributed by atoms with van der Waals surface area (Å²) in [7, 11) is 0. The molecule has 1 aliphatic heterocycles. The number of carbonyl (C=O) groups excluding carboxylic acids is 1. The van der Waals surface area contributed by atoms with Gasteiger partial charge in [0.25, 0.3) is 0 Å². The van der Waals surface area contributed by atoms with Crippen molar-refractivity contribution in [3.05, 3.63) is 30.1 Å². The number of aliphatic hydroxyl groups excluding tert-OH is 1. The molecule has 5 nitrogen and oxygen atoms in total. The van der Waals surface area contributed by atoms with Crippen molar-refractivity contribution >= 4 is 5.91 Å². The van der Waals surface area contributed by atoms with Crippen molar-refractivity contribution in [3.63, 3.8) is 0 Å². The van der Waals surface area contributed by atoms with E-state index in [2.05, 4.69) is 15.6 Å². The van der Waals surface area contributed by atoms with Gasteiger partial charge in [0.2, 0.25) is 5.91 Å². The monoisotopic (exact) mass is 249 g/mol. The van der Waals surface area contributed by atoms with Gasteiger partial charge >= 0.3 is 0 Å². The summed E-state index contributed by atoms with van der Waals surface area (Å²) in [6.45, 7) is 1.38. The van der Waals surface area contributed by atoms with E-state index >= 15 is 0 Å². The SMILES string of the molecule is O=C(NCCc1ccccn1)C(O)C1CCCN1. The van der Waals surface area contributed by atoms with E-state index in [0.29, 0.717) is 13.0 Å². The minimum Gasteiger partial charge on any atom is -0.382 e. The second kappa shape index (κ2) is 6.47. The number of nitrogens with one attached hydrogen (secondary N) is 2. The van der Waals surface area contributed by atoms with Crippen LogP contribution in [-0.2, 0) is 11.2 Å². The number of amides is 1. The Morgan fingerprint density at radius 1 is 1.61 bits per heavy atom. The van der Waals surface area contributed by atoms with Crippen LogP contribution < -0.4 is 10.6 Å². The fourth-order valence-corrected chi connectivity index (χ4v) is 2.13. The number of aromatic nitrogens is 1. The predicted octanol–water partition coefficient (Wildman–Crippen LogP) is -0.147. The molecular formula is C13H19N3O2. The third kappa shape index (κ3) is 3.51. The van der Waals surface area contributed by atoms with Crippen molar-refractivity contribution in [2.45, 2.75) is 31.4 Å². The van der Waals surface area contributed by atoms with Crippen LogP contribution in [0.1, 0.15) is 18.5 Å². The van der Waals surface area contributed by atoms with Crippen LogP contribution in [0.15, 0.2) is 24.4 Å². The standard InChI is InChI=1S/C13H19N3O2/c17-12(11-5-3-8-15-11)13(18)16-9-6-10-4-1-2-7-14-10/h1-2,4,7,11-12,15,17H,3,5-6,8-9H2,(H,16,18). The minimum absolute atomic E-state index is 0.0974. The predicted molar refractivity (Wildman–Crippen MR) is 68.0 cm³/mol. The molecule has 0 spiro atoms. The van der Waals surface area contributed by atoms with Gasteiger partial charge in [0.15, 0.2) is 0 Å². The number of rotatable bonds is 5. The fourth-order valence-electron chi connectivity index (χ4n) is 2.13. The van der Waals surface area contributed by atoms with Crippen LogP contribution >= 0.6 is 0 Å². The zero-order valence-corrected chi connectivity index (χ0v) is 10.3. The molecule has 2 heterocycles. The zero-order chi connectivity index (χ0) is 12.8. The van der Waals surface area contributed by atoms with Crippen molar-refractivity contribution in [2.75, 3.05) is 13.1 Å². The Kier molecular flexibility index (Phi) is 4.66. The van der Waals surface area contributed by atoms with Crippen LogP contribution in [-0.4, -0.2) is 41.2 Å². The summed E-state index contributed by atoms with van der Waals surface area (Å²) >= 11 is 0. The molecule has 98 valence electrons. The van der Waals surface area contributed by atoms with Crippen LogP contribution in [0.3, 0.4) is 0 Å². The van der Waals surface area contributed by atoms with Crippen molar-refractivity contribution in [1.29, 1.82) is 0 Å². The van der Waals surface area contributed by atoms with Crippen LogP contribution in [0.2, 0.25) is 0 Å². The first-order valence-corrected chi connectivity index (χ1v) is 6.36. The maximum absolute atomic E-state index is 11.7. The molecule has 0 aliphatic carbocycles. The summed E-state index contributed by atoms with van der Waals surface area (Å²) in [6.07, 6.45) is 3.33. The molecule has 1 aromatic rings. The van der Waals surface area contributed by atoms with E-state index in [1.54, 1.807) is 6.20 Å². The quantitative estimate of drug-likeness (QED) is 0.678. The van der Waals surface area contributed by atoms with Gasteiger partial charge in [-0.15, -0.1) is 0 Å². The zero-order valence-electron chi connectivity index (χ0n) is 10.3. The molecule has 1 aliphatic rings. The molecule has 2 atom stereocenters. The molecule has 3 N–H and O–H groups in total. The minimum atomic E-state index is -0.948. The highest BCUT2D eigenvalue weighted by Crippen LogP contribution is 2.09. The summed E-state index contributed by atoms with van der Waals surface area (Å²) in [5.74, 6) is -0.301. The van der Waals surface area contributed by atoms with E-state index in [0.717, 1.165) is 25.1 Å². The average Bonchev–Trinajstić information content (AvgIpc) is 2.93. The molecule has 0 radical (unpaired) electrons. The van der Waals surface area contributed by atoms with Crippen LogP contribution in [0, 0.1) is 0 Å². The van der Waals surface area contributed by atoms with Gasteiger partial charge in [-0.1, -0.05) is 6.07 Å². The van der Waals surface area contributed by atoms with E-state index in [1.165, 1.54) is 0 Å². The highest BCUT2D eigenvalue weighted by molar-refractivity contribution is 5.81. The summed E-state index contributed by atoms with van der Waals surface area (Å²) in [5, 5.41) is 15.7. The number of pyridine rings is 1. The van der Waals surface area contributed by atoms with Gasteiger partial charge in [0.1, 0.15) is 6.10 Å². The maximum Gasteiger partial charge on any atom is 0.250 e. The number of hydrogen-bond donors (Lipinski definition) is 3. The van der Waals surface area contributed by atoms with E-state index in [1.807, 2.05) is 18.2 Å². The first kappa shape index (κ1) is 13.0. The third-order valence-electron chi connectivity index (χ3n) is 3.15. The first-order chi connectivity index (χ1) is 8.77. The molecule has 1 fully saturated rings. The topological polar surface area (TPSA) is 74.2 Å². The van der Waals surface area contributed by atoms with Crippen molar-refractivity contribution in [3.8, 4) is 0 Å². The van der Waals surface area contributed by atoms with Gasteiger partial charge < -0.3 is 15.7 Å². The molecule has 0 saturated carbocycles. The van der Waals surface area contributed by atoms with E-state index in [-0.39, 0.29) is 11.9 Å². The lowest BCUT2D eigenvalue weighted by atomic mass is 10.1. The first-order valence-electron chi connectivity index (χ1n) is 6.36. The summed E-state index contributed by atoms with van der Waals surface area (Å²) in [4.78, 5) is 15.9. The second-order valence-corrected chi connectivity index (χ2v) is 4.51. The highest BCUT2D eigenvalue weighted by Gasteiger charge is 2.27. The molecule has 1 saturated heterocycles. The Labute approximate surface area is 107 Å². The van der Waals surface area contributed by atoms with E-state index in [4.69, 9.17) is 0 Å². The lowest BCUT2D eigenvalue weighted by molar-refractivity contribution is -0.130. The summed E-state index contributed by atoms with van der Waals surface area (Å²) in [5.41, 5.74) is 0.936.